The number of esters is 1. The summed E-state index contributed by atoms with van der Waals surface area (Å²) in [5.41, 5.74) is 4.65. The molecule has 35 heavy (non-hydrogen) atoms. The molecule has 2 aromatic carbocycles. The Kier molecular flexibility index (Phi) is 7.69. The van der Waals surface area contributed by atoms with E-state index >= 15 is 0 Å². The summed E-state index contributed by atoms with van der Waals surface area (Å²) in [7, 11) is 0. The second kappa shape index (κ2) is 10.9. The summed E-state index contributed by atoms with van der Waals surface area (Å²) < 4.78 is 5.40. The Balaban J connectivity index is 1.64. The summed E-state index contributed by atoms with van der Waals surface area (Å²) in [5, 5.41) is 0. The molecule has 6 heteroatoms. The van der Waals surface area contributed by atoms with Crippen LogP contribution in [0, 0.1) is 6.92 Å². The molecule has 1 unspecified atom stereocenters. The van der Waals surface area contributed by atoms with Crippen molar-refractivity contribution in [3.63, 3.8) is 0 Å². The monoisotopic (exact) mass is 474 g/mol. The van der Waals surface area contributed by atoms with Crippen LogP contribution in [0.1, 0.15) is 72.5 Å². The van der Waals surface area contributed by atoms with Gasteiger partial charge < -0.3 is 14.5 Å². The van der Waals surface area contributed by atoms with E-state index in [4.69, 9.17) is 4.74 Å². The summed E-state index contributed by atoms with van der Waals surface area (Å²) in [6.45, 7) is 7.75. The molecule has 2 heterocycles. The molecule has 4 rings (SSSR count). The van der Waals surface area contributed by atoms with Gasteiger partial charge in [0.25, 0.3) is 5.91 Å². The number of hydrogen-bond acceptors (Lipinski definition) is 4. The van der Waals surface area contributed by atoms with Crippen LogP contribution >= 0.6 is 0 Å². The molecule has 0 saturated carbocycles. The second-order valence-electron chi connectivity index (χ2n) is 9.42. The van der Waals surface area contributed by atoms with Gasteiger partial charge in [-0.25, -0.2) is 4.79 Å². The minimum Gasteiger partial charge on any atom is -0.463 e. The summed E-state index contributed by atoms with van der Waals surface area (Å²) in [6.07, 6.45) is 3.44. The lowest BCUT2D eigenvalue weighted by molar-refractivity contribution is -0.140. The zero-order valence-corrected chi connectivity index (χ0v) is 20.9. The van der Waals surface area contributed by atoms with Crippen molar-refractivity contribution in [1.82, 2.24) is 9.80 Å². The SMILES string of the molecule is CCOC(=O)C1=C(C)N(Cc2cccc(C(=O)N3CCCCC3)c2)C(=O)CC1c1cccc(C)c1. The minimum absolute atomic E-state index is 0.0375. The lowest BCUT2D eigenvalue weighted by Gasteiger charge is -2.34. The lowest BCUT2D eigenvalue weighted by atomic mass is 9.83. The minimum atomic E-state index is -0.386. The van der Waals surface area contributed by atoms with Gasteiger partial charge in [-0.05, 0) is 63.3 Å². The van der Waals surface area contributed by atoms with E-state index in [0.717, 1.165) is 42.6 Å². The van der Waals surface area contributed by atoms with Crippen molar-refractivity contribution in [3.8, 4) is 0 Å². The normalized spacial score (nSPS) is 18.6. The molecular weight excluding hydrogens is 440 g/mol. The molecule has 1 saturated heterocycles. The van der Waals surface area contributed by atoms with Gasteiger partial charge in [0.05, 0.1) is 18.7 Å². The third-order valence-electron chi connectivity index (χ3n) is 6.92. The lowest BCUT2D eigenvalue weighted by Crippen LogP contribution is -2.38. The van der Waals surface area contributed by atoms with Gasteiger partial charge in [-0.1, -0.05) is 42.0 Å². The molecule has 0 aliphatic carbocycles. The largest absolute Gasteiger partial charge is 0.463 e. The molecule has 184 valence electrons. The fourth-order valence-electron chi connectivity index (χ4n) is 5.11. The van der Waals surface area contributed by atoms with Gasteiger partial charge in [-0.3, -0.25) is 9.59 Å². The van der Waals surface area contributed by atoms with Gasteiger partial charge in [-0.15, -0.1) is 0 Å². The Morgan fingerprint density at radius 2 is 1.74 bits per heavy atom. The molecule has 0 N–H and O–H groups in total. The van der Waals surface area contributed by atoms with E-state index in [-0.39, 0.29) is 36.7 Å². The van der Waals surface area contributed by atoms with Gasteiger partial charge in [-0.2, -0.15) is 0 Å². The highest BCUT2D eigenvalue weighted by Crippen LogP contribution is 2.38. The number of piperidine rings is 1. The number of rotatable bonds is 6. The van der Waals surface area contributed by atoms with Gasteiger partial charge in [0.2, 0.25) is 5.91 Å². The van der Waals surface area contributed by atoms with E-state index < -0.39 is 0 Å². The van der Waals surface area contributed by atoms with Crippen molar-refractivity contribution < 1.29 is 19.1 Å². The van der Waals surface area contributed by atoms with Crippen LogP contribution in [-0.4, -0.2) is 47.3 Å². The number of amides is 2. The Labute approximate surface area is 207 Å². The first-order valence-electron chi connectivity index (χ1n) is 12.5. The predicted molar refractivity (Wildman–Crippen MR) is 135 cm³/mol. The van der Waals surface area contributed by atoms with E-state index in [1.165, 1.54) is 6.42 Å². The van der Waals surface area contributed by atoms with E-state index in [2.05, 4.69) is 0 Å². The van der Waals surface area contributed by atoms with Crippen molar-refractivity contribution in [2.75, 3.05) is 19.7 Å². The number of hydrogen-bond donors (Lipinski definition) is 0. The molecule has 1 atom stereocenters. The van der Waals surface area contributed by atoms with Crippen LogP contribution in [0.15, 0.2) is 59.8 Å². The maximum atomic E-state index is 13.3. The van der Waals surface area contributed by atoms with Crippen molar-refractivity contribution in [2.45, 2.75) is 58.9 Å². The van der Waals surface area contributed by atoms with Crippen LogP contribution in [-0.2, 0) is 20.9 Å². The molecule has 2 aliphatic heterocycles. The van der Waals surface area contributed by atoms with Gasteiger partial charge in [0.15, 0.2) is 0 Å². The quantitative estimate of drug-likeness (QED) is 0.554. The van der Waals surface area contributed by atoms with Crippen LogP contribution in [0.5, 0.6) is 0 Å². The van der Waals surface area contributed by atoms with Gasteiger partial charge in [0.1, 0.15) is 0 Å². The molecule has 2 amide bonds. The Morgan fingerprint density at radius 3 is 2.46 bits per heavy atom. The molecule has 6 nitrogen and oxygen atoms in total. The highest BCUT2D eigenvalue weighted by Gasteiger charge is 2.37. The first-order chi connectivity index (χ1) is 16.9. The molecule has 0 radical (unpaired) electrons. The molecule has 0 aromatic heterocycles. The number of nitrogens with zero attached hydrogens (tertiary/aromatic N) is 2. The average Bonchev–Trinajstić information content (AvgIpc) is 2.86. The zero-order valence-electron chi connectivity index (χ0n) is 20.9. The summed E-state index contributed by atoms with van der Waals surface area (Å²) in [5.74, 6) is -0.738. The summed E-state index contributed by atoms with van der Waals surface area (Å²) in [4.78, 5) is 42.9. The number of allylic oxidation sites excluding steroid dienone is 1. The van der Waals surface area contributed by atoms with Gasteiger partial charge in [0, 0.05) is 36.7 Å². The van der Waals surface area contributed by atoms with Crippen LogP contribution in [0.25, 0.3) is 0 Å². The fourth-order valence-corrected chi connectivity index (χ4v) is 5.11. The van der Waals surface area contributed by atoms with Crippen LogP contribution in [0.4, 0.5) is 0 Å². The van der Waals surface area contributed by atoms with Crippen molar-refractivity contribution in [2.24, 2.45) is 0 Å². The number of carbonyl (C=O) groups is 3. The first-order valence-corrected chi connectivity index (χ1v) is 12.5. The predicted octanol–water partition coefficient (Wildman–Crippen LogP) is 4.97. The number of aryl methyl sites for hydroxylation is 1. The maximum Gasteiger partial charge on any atom is 0.336 e. The smallest absolute Gasteiger partial charge is 0.336 e. The van der Waals surface area contributed by atoms with Crippen LogP contribution in [0.2, 0.25) is 0 Å². The van der Waals surface area contributed by atoms with Gasteiger partial charge >= 0.3 is 5.97 Å². The van der Waals surface area contributed by atoms with Crippen molar-refractivity contribution >= 4 is 17.8 Å². The second-order valence-corrected chi connectivity index (χ2v) is 9.42. The van der Waals surface area contributed by atoms with Crippen LogP contribution < -0.4 is 0 Å². The van der Waals surface area contributed by atoms with E-state index in [1.807, 2.05) is 67.3 Å². The highest BCUT2D eigenvalue weighted by molar-refractivity contribution is 5.96. The average molecular weight is 475 g/mol. The Hall–Kier alpha value is -3.41. The van der Waals surface area contributed by atoms with Crippen molar-refractivity contribution in [1.29, 1.82) is 0 Å². The molecule has 2 aromatic rings. The van der Waals surface area contributed by atoms with E-state index in [9.17, 15) is 14.4 Å². The van der Waals surface area contributed by atoms with E-state index in [0.29, 0.717) is 23.4 Å². The fraction of sp³-hybridized carbons (Fsp3) is 0.414. The molecule has 1 fully saturated rings. The molecule has 2 aliphatic rings. The molecule has 0 spiro atoms. The highest BCUT2D eigenvalue weighted by atomic mass is 16.5. The third kappa shape index (κ3) is 5.47. The standard InChI is InChI=1S/C29H34N2O4/c1-4-35-29(34)27-21(3)31(26(32)18-25(27)23-12-8-10-20(2)16-23)19-22-11-9-13-24(17-22)28(33)30-14-6-5-7-15-30/h8-13,16-17,25H,4-7,14-15,18-19H2,1-3H3. The summed E-state index contributed by atoms with van der Waals surface area (Å²) >= 11 is 0. The third-order valence-corrected chi connectivity index (χ3v) is 6.92. The molecule has 0 bridgehead atoms. The topological polar surface area (TPSA) is 66.9 Å². The first kappa shape index (κ1) is 24.7. The Morgan fingerprint density at radius 1 is 1.00 bits per heavy atom. The zero-order chi connectivity index (χ0) is 24.9. The van der Waals surface area contributed by atoms with Crippen LogP contribution in [0.3, 0.4) is 0 Å². The number of carbonyl (C=O) groups excluding carboxylic acids is 3. The van der Waals surface area contributed by atoms with E-state index in [1.54, 1.807) is 11.8 Å². The summed E-state index contributed by atoms with van der Waals surface area (Å²) in [6, 6.07) is 15.4. The van der Waals surface area contributed by atoms with Crippen molar-refractivity contribution in [3.05, 3.63) is 82.1 Å². The number of likely N-dealkylation sites (tertiary alicyclic amines) is 1. The number of ether oxygens (including phenoxy) is 1. The number of benzene rings is 2. The maximum absolute atomic E-state index is 13.3. The Bertz CT molecular complexity index is 1150. The molecular formula is C29H34N2O4.